The summed E-state index contributed by atoms with van der Waals surface area (Å²) in [6, 6.07) is 0. The van der Waals surface area contributed by atoms with E-state index in [4.69, 9.17) is 0 Å². The Morgan fingerprint density at radius 2 is 2.33 bits per heavy atom. The molecule has 2 heteroatoms. The minimum absolute atomic E-state index is 0.285. The van der Waals surface area contributed by atoms with E-state index in [0.717, 1.165) is 0 Å². The molecule has 1 radical (unpaired) electrons. The smallest absolute Gasteiger partial charge is 0.333 e. The molecular formula is C7H11O2. The summed E-state index contributed by atoms with van der Waals surface area (Å²) in [6.45, 7) is 5.35. The van der Waals surface area contributed by atoms with Crippen molar-refractivity contribution < 1.29 is 9.53 Å². The molecule has 0 fully saturated rings. The van der Waals surface area contributed by atoms with Crippen LogP contribution in [0, 0.1) is 6.92 Å². The Morgan fingerprint density at radius 3 is 2.44 bits per heavy atom. The molecule has 0 aliphatic heterocycles. The summed E-state index contributed by atoms with van der Waals surface area (Å²) in [5, 5.41) is 0. The monoisotopic (exact) mass is 127 g/mol. The van der Waals surface area contributed by atoms with Gasteiger partial charge in [0, 0.05) is 5.57 Å². The van der Waals surface area contributed by atoms with E-state index in [1.807, 2.05) is 0 Å². The maximum atomic E-state index is 10.6. The normalized spacial score (nSPS) is 11.2. The summed E-state index contributed by atoms with van der Waals surface area (Å²) in [5.41, 5.74) is 0.623. The lowest BCUT2D eigenvalue weighted by molar-refractivity contribution is -0.136. The summed E-state index contributed by atoms with van der Waals surface area (Å²) >= 11 is 0. The maximum absolute atomic E-state index is 10.6. The molecule has 0 saturated carbocycles. The Kier molecular flexibility index (Phi) is 3.76. The third-order valence-electron chi connectivity index (χ3n) is 1.07. The fourth-order valence-corrected chi connectivity index (χ4v) is 0.495. The van der Waals surface area contributed by atoms with E-state index in [-0.39, 0.29) is 5.97 Å². The number of carbonyl (C=O) groups excluding carboxylic acids is 1. The molecule has 0 aliphatic rings. The number of hydrogen-bond acceptors (Lipinski definition) is 2. The predicted octanol–water partition coefficient (Wildman–Crippen LogP) is 1.33. The molecule has 0 N–H and O–H groups in total. The zero-order valence-electron chi connectivity index (χ0n) is 5.81. The van der Waals surface area contributed by atoms with Crippen molar-refractivity contribution in [3.63, 3.8) is 0 Å². The fraction of sp³-hybridized carbons (Fsp3) is 0.429. The molecule has 2 nitrogen and oxygen atoms in total. The van der Waals surface area contributed by atoms with Gasteiger partial charge in [-0.2, -0.15) is 0 Å². The van der Waals surface area contributed by atoms with Gasteiger partial charge in [0.15, 0.2) is 0 Å². The van der Waals surface area contributed by atoms with E-state index in [1.54, 1.807) is 13.0 Å². The largest absolute Gasteiger partial charge is 0.466 e. The molecular weight excluding hydrogens is 116 g/mol. The first-order valence-corrected chi connectivity index (χ1v) is 2.79. The molecule has 0 spiro atoms. The molecule has 0 amide bonds. The van der Waals surface area contributed by atoms with Crippen molar-refractivity contribution in [1.29, 1.82) is 0 Å². The van der Waals surface area contributed by atoms with Crippen LogP contribution in [0.4, 0.5) is 0 Å². The first-order chi connectivity index (χ1) is 4.26. The van der Waals surface area contributed by atoms with E-state index in [0.29, 0.717) is 12.0 Å². The van der Waals surface area contributed by atoms with Crippen molar-refractivity contribution >= 4 is 5.97 Å². The Balaban J connectivity index is 3.97. The molecule has 0 rings (SSSR count). The lowest BCUT2D eigenvalue weighted by Crippen LogP contribution is -2.02. The lowest BCUT2D eigenvalue weighted by atomic mass is 10.2. The molecule has 0 aliphatic carbocycles. The van der Waals surface area contributed by atoms with Crippen molar-refractivity contribution in [2.45, 2.75) is 13.3 Å². The zero-order valence-corrected chi connectivity index (χ0v) is 5.81. The Labute approximate surface area is 55.5 Å². The quantitative estimate of drug-likeness (QED) is 0.413. The van der Waals surface area contributed by atoms with Crippen molar-refractivity contribution in [2.75, 3.05) is 7.11 Å². The van der Waals surface area contributed by atoms with Crippen LogP contribution in [0.2, 0.25) is 0 Å². The third kappa shape index (κ3) is 2.31. The molecule has 0 heterocycles. The van der Waals surface area contributed by atoms with Crippen LogP contribution in [0.25, 0.3) is 0 Å². The number of methoxy groups -OCH3 is 1. The van der Waals surface area contributed by atoms with Gasteiger partial charge < -0.3 is 4.74 Å². The molecule has 9 heavy (non-hydrogen) atoms. The molecule has 0 aromatic carbocycles. The minimum Gasteiger partial charge on any atom is -0.466 e. The predicted molar refractivity (Wildman–Crippen MR) is 35.7 cm³/mol. The van der Waals surface area contributed by atoms with Gasteiger partial charge in [0.25, 0.3) is 0 Å². The maximum Gasteiger partial charge on any atom is 0.333 e. The van der Waals surface area contributed by atoms with Gasteiger partial charge in [-0.3, -0.25) is 0 Å². The second kappa shape index (κ2) is 4.13. The van der Waals surface area contributed by atoms with Gasteiger partial charge in [-0.1, -0.05) is 6.08 Å². The molecule has 0 aromatic heterocycles. The van der Waals surface area contributed by atoms with E-state index in [2.05, 4.69) is 11.7 Å². The molecule has 0 aromatic rings. The second-order valence-corrected chi connectivity index (χ2v) is 1.56. The van der Waals surface area contributed by atoms with E-state index >= 15 is 0 Å². The third-order valence-corrected chi connectivity index (χ3v) is 1.07. The highest BCUT2D eigenvalue weighted by Crippen LogP contribution is 2.00. The number of esters is 1. The average molecular weight is 127 g/mol. The number of rotatable bonds is 2. The highest BCUT2D eigenvalue weighted by molar-refractivity contribution is 5.88. The van der Waals surface area contributed by atoms with E-state index in [1.165, 1.54) is 7.11 Å². The standard InChI is InChI=1S/C7H11O2/c1-4-6(5-2)7(8)9-3/h5H,1,4H2,2-3H3. The number of carbonyl (C=O) groups is 1. The van der Waals surface area contributed by atoms with Gasteiger partial charge in [-0.05, 0) is 20.3 Å². The van der Waals surface area contributed by atoms with Crippen LogP contribution in [0.3, 0.4) is 0 Å². The van der Waals surface area contributed by atoms with Gasteiger partial charge in [0.1, 0.15) is 0 Å². The van der Waals surface area contributed by atoms with E-state index < -0.39 is 0 Å². The zero-order chi connectivity index (χ0) is 7.28. The number of hydrogen-bond donors (Lipinski definition) is 0. The first kappa shape index (κ1) is 8.21. The fourth-order valence-electron chi connectivity index (χ4n) is 0.495. The van der Waals surface area contributed by atoms with Crippen LogP contribution < -0.4 is 0 Å². The molecule has 51 valence electrons. The van der Waals surface area contributed by atoms with Gasteiger partial charge in [-0.15, -0.1) is 0 Å². The number of allylic oxidation sites excluding steroid dienone is 1. The summed E-state index contributed by atoms with van der Waals surface area (Å²) in [6.07, 6.45) is 2.20. The summed E-state index contributed by atoms with van der Waals surface area (Å²) in [4.78, 5) is 10.6. The van der Waals surface area contributed by atoms with Crippen molar-refractivity contribution in [3.8, 4) is 0 Å². The van der Waals surface area contributed by atoms with Crippen molar-refractivity contribution in [2.24, 2.45) is 0 Å². The van der Waals surface area contributed by atoms with Gasteiger partial charge in [0.05, 0.1) is 7.11 Å². The highest BCUT2D eigenvalue weighted by Gasteiger charge is 2.03. The van der Waals surface area contributed by atoms with Crippen LogP contribution in [0.15, 0.2) is 11.6 Å². The minimum atomic E-state index is -0.285. The first-order valence-electron chi connectivity index (χ1n) is 2.79. The van der Waals surface area contributed by atoms with Crippen LogP contribution in [0.5, 0.6) is 0 Å². The second-order valence-electron chi connectivity index (χ2n) is 1.56. The Morgan fingerprint density at radius 1 is 1.78 bits per heavy atom. The molecule has 0 saturated heterocycles. The van der Waals surface area contributed by atoms with Crippen molar-refractivity contribution in [3.05, 3.63) is 18.6 Å². The summed E-state index contributed by atoms with van der Waals surface area (Å²) in [7, 11) is 1.36. The van der Waals surface area contributed by atoms with Gasteiger partial charge >= 0.3 is 5.97 Å². The highest BCUT2D eigenvalue weighted by atomic mass is 16.5. The SMILES string of the molecule is [CH2]CC(=CC)C(=O)OC. The average Bonchev–Trinajstić information content (AvgIpc) is 1.90. The summed E-state index contributed by atoms with van der Waals surface area (Å²) in [5.74, 6) is -0.285. The van der Waals surface area contributed by atoms with Gasteiger partial charge in [0.2, 0.25) is 0 Å². The lowest BCUT2D eigenvalue weighted by Gasteiger charge is -1.98. The Bertz CT molecular complexity index is 125. The van der Waals surface area contributed by atoms with Crippen LogP contribution in [0.1, 0.15) is 13.3 Å². The van der Waals surface area contributed by atoms with Crippen molar-refractivity contribution in [1.82, 2.24) is 0 Å². The van der Waals surface area contributed by atoms with Crippen LogP contribution in [-0.4, -0.2) is 13.1 Å². The van der Waals surface area contributed by atoms with Crippen LogP contribution in [-0.2, 0) is 9.53 Å². The van der Waals surface area contributed by atoms with Gasteiger partial charge in [-0.25, -0.2) is 4.79 Å². The number of ether oxygens (including phenoxy) is 1. The molecule has 0 atom stereocenters. The van der Waals surface area contributed by atoms with E-state index in [9.17, 15) is 4.79 Å². The molecule has 0 bridgehead atoms. The molecule has 0 unspecified atom stereocenters. The van der Waals surface area contributed by atoms with Crippen LogP contribution >= 0.6 is 0 Å². The summed E-state index contributed by atoms with van der Waals surface area (Å²) < 4.78 is 4.45. The topological polar surface area (TPSA) is 26.3 Å². The Hall–Kier alpha value is -0.790.